The summed E-state index contributed by atoms with van der Waals surface area (Å²) in [6.07, 6.45) is 9.73. The van der Waals surface area contributed by atoms with E-state index in [2.05, 4.69) is 17.0 Å². The fourth-order valence-corrected chi connectivity index (χ4v) is 5.32. The fraction of sp³-hybridized carbons (Fsp3) is 0.560. The van der Waals surface area contributed by atoms with Crippen molar-refractivity contribution in [3.63, 3.8) is 0 Å². The number of hydrogen-bond donors (Lipinski definition) is 1. The molecule has 0 bridgehead atoms. The van der Waals surface area contributed by atoms with E-state index in [1.165, 1.54) is 0 Å². The third kappa shape index (κ3) is 4.96. The normalized spacial score (nSPS) is 26.3. The predicted molar refractivity (Wildman–Crippen MR) is 118 cm³/mol. The summed E-state index contributed by atoms with van der Waals surface area (Å²) in [6.45, 7) is 2.77. The van der Waals surface area contributed by atoms with Crippen LogP contribution < -0.4 is 0 Å². The molecule has 166 valence electrons. The molecule has 31 heavy (non-hydrogen) atoms. The molecular formula is C25H34N3O3+. The number of esters is 1. The lowest BCUT2D eigenvalue weighted by Gasteiger charge is -2.42. The molecule has 6 heteroatoms. The molecule has 1 N–H and O–H groups in total. The van der Waals surface area contributed by atoms with Gasteiger partial charge in [-0.3, -0.25) is 0 Å². The monoisotopic (exact) mass is 424 g/mol. The summed E-state index contributed by atoms with van der Waals surface area (Å²) in [6, 6.07) is 11.3. The Kier molecular flexibility index (Phi) is 6.68. The predicted octanol–water partition coefficient (Wildman–Crippen LogP) is 3.25. The quantitative estimate of drug-likeness (QED) is 0.546. The second-order valence-electron chi connectivity index (χ2n) is 9.48. The second kappa shape index (κ2) is 9.45. The number of benzene rings is 1. The summed E-state index contributed by atoms with van der Waals surface area (Å²) >= 11 is 0. The SMILES string of the molecule is C[N+]1(CCc2ccncn2)CCC[C@@H](OC(=O)C(O)(c2ccccc2)C2CCCC2)C1. The molecule has 0 radical (unpaired) electrons. The molecule has 2 unspecified atom stereocenters. The van der Waals surface area contributed by atoms with E-state index in [-0.39, 0.29) is 12.0 Å². The van der Waals surface area contributed by atoms with Gasteiger partial charge in [0.1, 0.15) is 12.9 Å². The van der Waals surface area contributed by atoms with Crippen molar-refractivity contribution in [1.82, 2.24) is 9.97 Å². The Balaban J connectivity index is 1.44. The van der Waals surface area contributed by atoms with E-state index in [0.29, 0.717) is 5.56 Å². The lowest BCUT2D eigenvalue weighted by atomic mass is 9.80. The number of ether oxygens (including phenoxy) is 1. The van der Waals surface area contributed by atoms with Crippen LogP contribution in [0.1, 0.15) is 49.8 Å². The number of rotatable bonds is 7. The van der Waals surface area contributed by atoms with E-state index >= 15 is 0 Å². The molecule has 1 saturated heterocycles. The molecule has 1 saturated carbocycles. The van der Waals surface area contributed by atoms with Crippen LogP contribution in [0.2, 0.25) is 0 Å². The number of aliphatic hydroxyl groups is 1. The van der Waals surface area contributed by atoms with E-state index in [4.69, 9.17) is 4.74 Å². The minimum absolute atomic E-state index is 0.0790. The Labute approximate surface area is 184 Å². The van der Waals surface area contributed by atoms with Gasteiger partial charge < -0.3 is 14.3 Å². The van der Waals surface area contributed by atoms with Crippen molar-refractivity contribution in [1.29, 1.82) is 0 Å². The van der Waals surface area contributed by atoms with E-state index < -0.39 is 11.6 Å². The number of piperidine rings is 1. The molecule has 2 aromatic rings. The first kappa shape index (κ1) is 21.9. The van der Waals surface area contributed by atoms with Crippen molar-refractivity contribution >= 4 is 5.97 Å². The minimum Gasteiger partial charge on any atom is -0.454 e. The van der Waals surface area contributed by atoms with Gasteiger partial charge in [-0.1, -0.05) is 43.2 Å². The summed E-state index contributed by atoms with van der Waals surface area (Å²) in [7, 11) is 2.22. The first-order valence-electron chi connectivity index (χ1n) is 11.6. The molecule has 2 fully saturated rings. The summed E-state index contributed by atoms with van der Waals surface area (Å²) in [4.78, 5) is 21.7. The summed E-state index contributed by atoms with van der Waals surface area (Å²) < 4.78 is 6.88. The van der Waals surface area contributed by atoms with E-state index in [9.17, 15) is 9.90 Å². The molecule has 2 aliphatic rings. The van der Waals surface area contributed by atoms with Crippen LogP contribution in [0.5, 0.6) is 0 Å². The van der Waals surface area contributed by atoms with Crippen molar-refractivity contribution in [3.8, 4) is 0 Å². The van der Waals surface area contributed by atoms with Crippen molar-refractivity contribution in [2.75, 3.05) is 26.7 Å². The Morgan fingerprint density at radius 2 is 1.94 bits per heavy atom. The Morgan fingerprint density at radius 1 is 1.16 bits per heavy atom. The van der Waals surface area contributed by atoms with Crippen LogP contribution in [-0.4, -0.2) is 58.3 Å². The van der Waals surface area contributed by atoms with Gasteiger partial charge in [0.05, 0.1) is 20.1 Å². The molecule has 2 heterocycles. The van der Waals surface area contributed by atoms with Gasteiger partial charge in [-0.25, -0.2) is 14.8 Å². The average molecular weight is 425 g/mol. The maximum atomic E-state index is 13.4. The number of likely N-dealkylation sites (tertiary alicyclic amines) is 1. The summed E-state index contributed by atoms with van der Waals surface area (Å²) in [5.41, 5.74) is 0.136. The third-order valence-electron chi connectivity index (χ3n) is 7.16. The van der Waals surface area contributed by atoms with Gasteiger partial charge in [-0.15, -0.1) is 0 Å². The van der Waals surface area contributed by atoms with Crippen molar-refractivity contribution < 1.29 is 19.1 Å². The van der Waals surface area contributed by atoms with Crippen molar-refractivity contribution in [2.45, 2.75) is 56.7 Å². The number of likely N-dealkylation sites (N-methyl/N-ethyl adjacent to an activating group) is 1. The number of carbonyl (C=O) groups excluding carboxylic acids is 1. The van der Waals surface area contributed by atoms with Crippen LogP contribution >= 0.6 is 0 Å². The van der Waals surface area contributed by atoms with Gasteiger partial charge in [0.2, 0.25) is 0 Å². The highest BCUT2D eigenvalue weighted by Gasteiger charge is 2.49. The number of quaternary nitrogens is 1. The van der Waals surface area contributed by atoms with Crippen LogP contribution in [0.4, 0.5) is 0 Å². The topological polar surface area (TPSA) is 72.3 Å². The minimum atomic E-state index is -1.56. The zero-order chi connectivity index (χ0) is 21.7. The van der Waals surface area contributed by atoms with Gasteiger partial charge in [0, 0.05) is 30.7 Å². The fourth-order valence-electron chi connectivity index (χ4n) is 5.32. The molecule has 3 atom stereocenters. The Bertz CT molecular complexity index is 857. The Hall–Kier alpha value is -2.31. The molecule has 1 aliphatic heterocycles. The molecule has 0 amide bonds. The Morgan fingerprint density at radius 3 is 2.65 bits per heavy atom. The van der Waals surface area contributed by atoms with Crippen LogP contribution in [0.15, 0.2) is 48.9 Å². The van der Waals surface area contributed by atoms with Gasteiger partial charge in [0.15, 0.2) is 11.7 Å². The van der Waals surface area contributed by atoms with Gasteiger partial charge in [-0.05, 0) is 30.9 Å². The molecule has 0 spiro atoms. The van der Waals surface area contributed by atoms with E-state index in [1.54, 1.807) is 12.5 Å². The van der Waals surface area contributed by atoms with Gasteiger partial charge >= 0.3 is 5.97 Å². The van der Waals surface area contributed by atoms with Crippen LogP contribution in [0, 0.1) is 5.92 Å². The highest BCUT2D eigenvalue weighted by Crippen LogP contribution is 2.42. The second-order valence-corrected chi connectivity index (χ2v) is 9.48. The first-order valence-corrected chi connectivity index (χ1v) is 11.6. The van der Waals surface area contributed by atoms with Gasteiger partial charge in [-0.2, -0.15) is 0 Å². The van der Waals surface area contributed by atoms with Crippen LogP contribution in [-0.2, 0) is 21.6 Å². The molecule has 1 aromatic heterocycles. The zero-order valence-corrected chi connectivity index (χ0v) is 18.4. The molecular weight excluding hydrogens is 390 g/mol. The number of aromatic nitrogens is 2. The third-order valence-corrected chi connectivity index (χ3v) is 7.16. The summed E-state index contributed by atoms with van der Waals surface area (Å²) in [5.74, 6) is -0.551. The number of hydrogen-bond acceptors (Lipinski definition) is 5. The summed E-state index contributed by atoms with van der Waals surface area (Å²) in [5, 5.41) is 11.7. The van der Waals surface area contributed by atoms with E-state index in [1.807, 2.05) is 36.4 Å². The van der Waals surface area contributed by atoms with Crippen LogP contribution in [0.25, 0.3) is 0 Å². The maximum absolute atomic E-state index is 13.4. The standard InChI is InChI=1S/C25H34N3O3/c1-28(17-14-22-13-15-26-19-27-22)16-7-12-23(18-28)31-24(29)25(30,21-10-5-6-11-21)20-8-3-2-4-9-20/h2-4,8-9,13,15,19,21,23,30H,5-7,10-12,14,16-18H2,1H3/q+1/t23-,25?,28?/m1/s1. The largest absolute Gasteiger partial charge is 0.454 e. The molecule has 6 nitrogen and oxygen atoms in total. The highest BCUT2D eigenvalue weighted by atomic mass is 16.6. The lowest BCUT2D eigenvalue weighted by Crippen LogP contribution is -2.56. The van der Waals surface area contributed by atoms with Crippen molar-refractivity contribution in [2.24, 2.45) is 5.92 Å². The van der Waals surface area contributed by atoms with Gasteiger partial charge in [0.25, 0.3) is 0 Å². The maximum Gasteiger partial charge on any atom is 0.343 e. The molecule has 1 aromatic carbocycles. The molecule has 4 rings (SSSR count). The van der Waals surface area contributed by atoms with E-state index in [0.717, 1.165) is 74.8 Å². The first-order chi connectivity index (χ1) is 15.0. The highest BCUT2D eigenvalue weighted by molar-refractivity contribution is 5.81. The molecule has 1 aliphatic carbocycles. The lowest BCUT2D eigenvalue weighted by molar-refractivity contribution is -0.916. The van der Waals surface area contributed by atoms with Crippen molar-refractivity contribution in [3.05, 3.63) is 60.2 Å². The zero-order valence-electron chi connectivity index (χ0n) is 18.4. The smallest absolute Gasteiger partial charge is 0.343 e. The average Bonchev–Trinajstić information content (AvgIpc) is 3.34. The number of nitrogens with zero attached hydrogens (tertiary/aromatic N) is 3. The van der Waals surface area contributed by atoms with Crippen LogP contribution in [0.3, 0.4) is 0 Å². The number of carbonyl (C=O) groups is 1.